The molecule has 0 aliphatic rings. The molecule has 1 aromatic heterocycles. The number of nitrogens with zero attached hydrogens (tertiary/aromatic N) is 3. The number of hydrogen-bond acceptors (Lipinski definition) is 8. The fraction of sp³-hybridized carbons (Fsp3) is 0.769. The molecule has 1 heterocycles. The molecule has 0 amide bonds. The number of aliphatic hydroxyl groups is 1. The van der Waals surface area contributed by atoms with E-state index in [1.807, 2.05) is 6.92 Å². The zero-order chi connectivity index (χ0) is 15.3. The Balaban J connectivity index is 2.57. The van der Waals surface area contributed by atoms with E-state index >= 15 is 0 Å². The van der Waals surface area contributed by atoms with Crippen molar-refractivity contribution in [2.75, 3.05) is 50.2 Å². The van der Waals surface area contributed by atoms with Gasteiger partial charge in [0.05, 0.1) is 26.4 Å². The van der Waals surface area contributed by atoms with Crippen molar-refractivity contribution in [2.24, 2.45) is 0 Å². The second-order valence-corrected chi connectivity index (χ2v) is 4.30. The van der Waals surface area contributed by atoms with Crippen molar-refractivity contribution >= 4 is 11.9 Å². The van der Waals surface area contributed by atoms with Gasteiger partial charge >= 0.3 is 6.01 Å². The smallest absolute Gasteiger partial charge is 0.323 e. The molecule has 0 aliphatic heterocycles. The van der Waals surface area contributed by atoms with Crippen LogP contribution in [0.1, 0.15) is 26.7 Å². The number of anilines is 2. The standard InChI is InChI=1S/C13H25N5O3/c1-3-5-14-11-16-12(15-6-9-20-10-7-19)18-13(17-11)21-8-4-2/h19H,3-10H2,1-2H3,(H2,14,15,16,17,18). The third-order valence-corrected chi connectivity index (χ3v) is 2.35. The van der Waals surface area contributed by atoms with Crippen LogP contribution in [0.2, 0.25) is 0 Å². The number of ether oxygens (including phenoxy) is 2. The maximum absolute atomic E-state index is 8.62. The molecule has 8 heteroatoms. The van der Waals surface area contributed by atoms with Gasteiger partial charge in [-0.1, -0.05) is 13.8 Å². The van der Waals surface area contributed by atoms with Crippen LogP contribution in [0.25, 0.3) is 0 Å². The molecule has 0 spiro atoms. The lowest BCUT2D eigenvalue weighted by molar-refractivity contribution is 0.0991. The zero-order valence-electron chi connectivity index (χ0n) is 12.8. The summed E-state index contributed by atoms with van der Waals surface area (Å²) in [5, 5.41) is 14.8. The predicted molar refractivity (Wildman–Crippen MR) is 80.8 cm³/mol. The van der Waals surface area contributed by atoms with Crippen LogP contribution in [0.15, 0.2) is 0 Å². The summed E-state index contributed by atoms with van der Waals surface area (Å²) < 4.78 is 10.6. The highest BCUT2D eigenvalue weighted by Gasteiger charge is 2.06. The van der Waals surface area contributed by atoms with Crippen molar-refractivity contribution in [3.05, 3.63) is 0 Å². The summed E-state index contributed by atoms with van der Waals surface area (Å²) >= 11 is 0. The molecule has 21 heavy (non-hydrogen) atoms. The maximum atomic E-state index is 8.62. The van der Waals surface area contributed by atoms with E-state index in [2.05, 4.69) is 32.5 Å². The highest BCUT2D eigenvalue weighted by atomic mass is 16.5. The molecule has 0 atom stereocenters. The number of nitrogens with one attached hydrogen (secondary N) is 2. The molecule has 0 fully saturated rings. The van der Waals surface area contributed by atoms with Gasteiger partial charge in [0.25, 0.3) is 0 Å². The molecule has 0 aromatic carbocycles. The van der Waals surface area contributed by atoms with Crippen LogP contribution in [-0.2, 0) is 4.74 Å². The van der Waals surface area contributed by atoms with Gasteiger partial charge < -0.3 is 25.2 Å². The summed E-state index contributed by atoms with van der Waals surface area (Å²) in [4.78, 5) is 12.7. The summed E-state index contributed by atoms with van der Waals surface area (Å²) in [5.41, 5.74) is 0. The average molecular weight is 299 g/mol. The van der Waals surface area contributed by atoms with Crippen LogP contribution in [-0.4, -0.2) is 59.6 Å². The lowest BCUT2D eigenvalue weighted by Gasteiger charge is -2.10. The van der Waals surface area contributed by atoms with Crippen molar-refractivity contribution in [1.82, 2.24) is 15.0 Å². The van der Waals surface area contributed by atoms with Crippen molar-refractivity contribution in [2.45, 2.75) is 26.7 Å². The number of aromatic nitrogens is 3. The fourth-order valence-electron chi connectivity index (χ4n) is 1.41. The van der Waals surface area contributed by atoms with Gasteiger partial charge in [0, 0.05) is 13.1 Å². The lowest BCUT2D eigenvalue weighted by Crippen LogP contribution is -2.15. The first-order valence-corrected chi connectivity index (χ1v) is 7.35. The van der Waals surface area contributed by atoms with Crippen molar-refractivity contribution in [1.29, 1.82) is 0 Å². The molecule has 0 saturated heterocycles. The molecule has 3 N–H and O–H groups in total. The second kappa shape index (κ2) is 11.0. The van der Waals surface area contributed by atoms with Gasteiger partial charge in [-0.2, -0.15) is 15.0 Å². The highest BCUT2D eigenvalue weighted by molar-refractivity contribution is 5.35. The topological polar surface area (TPSA) is 101 Å². The molecular weight excluding hydrogens is 274 g/mol. The van der Waals surface area contributed by atoms with E-state index in [1.165, 1.54) is 0 Å². The Labute approximate surface area is 125 Å². The molecule has 0 aliphatic carbocycles. The molecule has 0 radical (unpaired) electrons. The molecule has 0 bridgehead atoms. The van der Waals surface area contributed by atoms with E-state index in [0.29, 0.717) is 44.3 Å². The van der Waals surface area contributed by atoms with Crippen molar-refractivity contribution < 1.29 is 14.6 Å². The Morgan fingerprint density at radius 2 is 1.62 bits per heavy atom. The second-order valence-electron chi connectivity index (χ2n) is 4.30. The fourth-order valence-corrected chi connectivity index (χ4v) is 1.41. The zero-order valence-corrected chi connectivity index (χ0v) is 12.8. The van der Waals surface area contributed by atoms with Gasteiger partial charge in [0.1, 0.15) is 0 Å². The van der Waals surface area contributed by atoms with Crippen LogP contribution in [0.5, 0.6) is 6.01 Å². The minimum atomic E-state index is 0.0197. The Hall–Kier alpha value is -1.67. The SMILES string of the molecule is CCCNc1nc(NCCOCCO)nc(OCCC)n1. The average Bonchev–Trinajstić information content (AvgIpc) is 2.50. The van der Waals surface area contributed by atoms with E-state index in [9.17, 15) is 0 Å². The maximum Gasteiger partial charge on any atom is 0.323 e. The van der Waals surface area contributed by atoms with Gasteiger partial charge in [-0.15, -0.1) is 0 Å². The predicted octanol–water partition coefficient (Wildman–Crippen LogP) is 0.903. The minimum absolute atomic E-state index is 0.0197. The van der Waals surface area contributed by atoms with Crippen LogP contribution in [0.3, 0.4) is 0 Å². The van der Waals surface area contributed by atoms with Crippen LogP contribution < -0.4 is 15.4 Å². The van der Waals surface area contributed by atoms with Gasteiger partial charge in [0.2, 0.25) is 11.9 Å². The largest absolute Gasteiger partial charge is 0.463 e. The number of aliphatic hydroxyl groups excluding tert-OH is 1. The first-order chi connectivity index (χ1) is 10.3. The first kappa shape index (κ1) is 17.4. The van der Waals surface area contributed by atoms with Crippen LogP contribution in [0, 0.1) is 0 Å². The summed E-state index contributed by atoms with van der Waals surface area (Å²) in [6, 6.07) is 0.309. The lowest BCUT2D eigenvalue weighted by atomic mass is 10.5. The molecule has 120 valence electrons. The van der Waals surface area contributed by atoms with E-state index in [4.69, 9.17) is 14.6 Å². The summed E-state index contributed by atoms with van der Waals surface area (Å²) in [5.74, 6) is 0.944. The molecular formula is C13H25N5O3. The molecule has 0 unspecified atom stereocenters. The van der Waals surface area contributed by atoms with Gasteiger partial charge in [-0.3, -0.25) is 0 Å². The quantitative estimate of drug-likeness (QED) is 0.489. The highest BCUT2D eigenvalue weighted by Crippen LogP contribution is 2.11. The van der Waals surface area contributed by atoms with E-state index in [-0.39, 0.29) is 6.61 Å². The number of hydrogen-bond donors (Lipinski definition) is 3. The van der Waals surface area contributed by atoms with Crippen LogP contribution >= 0.6 is 0 Å². The van der Waals surface area contributed by atoms with Crippen molar-refractivity contribution in [3.63, 3.8) is 0 Å². The van der Waals surface area contributed by atoms with E-state index in [0.717, 1.165) is 19.4 Å². The Bertz CT molecular complexity index is 366. The molecule has 0 saturated carbocycles. The monoisotopic (exact) mass is 299 g/mol. The summed E-state index contributed by atoms with van der Waals surface area (Å²) in [6.07, 6.45) is 1.87. The van der Waals surface area contributed by atoms with Gasteiger partial charge in [0.15, 0.2) is 0 Å². The summed E-state index contributed by atoms with van der Waals surface area (Å²) in [6.45, 7) is 6.81. The molecule has 1 rings (SSSR count). The van der Waals surface area contributed by atoms with E-state index < -0.39 is 0 Å². The molecule has 1 aromatic rings. The van der Waals surface area contributed by atoms with Gasteiger partial charge in [-0.05, 0) is 12.8 Å². The van der Waals surface area contributed by atoms with Crippen molar-refractivity contribution in [3.8, 4) is 6.01 Å². The molecule has 8 nitrogen and oxygen atoms in total. The van der Waals surface area contributed by atoms with Crippen LogP contribution in [0.4, 0.5) is 11.9 Å². The Kier molecular flexibility index (Phi) is 9.14. The third kappa shape index (κ3) is 7.62. The van der Waals surface area contributed by atoms with Gasteiger partial charge in [-0.25, -0.2) is 0 Å². The van der Waals surface area contributed by atoms with E-state index in [1.54, 1.807) is 0 Å². The Morgan fingerprint density at radius 3 is 2.24 bits per heavy atom. The third-order valence-electron chi connectivity index (χ3n) is 2.35. The minimum Gasteiger partial charge on any atom is -0.463 e. The summed E-state index contributed by atoms with van der Waals surface area (Å²) in [7, 11) is 0. The normalized spacial score (nSPS) is 10.4. The first-order valence-electron chi connectivity index (χ1n) is 7.35. The Morgan fingerprint density at radius 1 is 0.905 bits per heavy atom. The number of rotatable bonds is 12.